The lowest BCUT2D eigenvalue weighted by atomic mass is 19.0. The third-order valence-corrected chi connectivity index (χ3v) is 0. The molecule has 0 heterocycles. The molecule has 1 unspecified atom stereocenters. The van der Waals surface area contributed by atoms with Crippen LogP contribution in [-0.2, 0) is 0 Å². The van der Waals surface area contributed by atoms with Gasteiger partial charge in [-0.3, -0.25) is 14.1 Å². The summed E-state index contributed by atoms with van der Waals surface area (Å²) in [5.74, 6) is 0. The van der Waals surface area contributed by atoms with E-state index in [1.807, 2.05) is 0 Å². The van der Waals surface area contributed by atoms with Crippen molar-refractivity contribution in [3.8, 4) is 0 Å². The minimum Gasteiger partial charge on any atom is -0.269 e. The largest absolute Gasteiger partial charge is 0.269 e. The maximum Gasteiger partial charge on any atom is -0.147 e. The van der Waals surface area contributed by atoms with Gasteiger partial charge in [0.15, 0.2) is 0 Å². The topological polar surface area (TPSA) is 0 Å². The monoisotopic (exact) mass is 166 g/mol. The van der Waals surface area contributed by atoms with Crippen molar-refractivity contribution in [3.63, 3.8) is 0 Å². The molecule has 0 amide bonds. The van der Waals surface area contributed by atoms with Gasteiger partial charge in [-0.25, -0.2) is 0 Å². The lowest BCUT2D eigenvalue weighted by Gasteiger charge is -0.270. The van der Waals surface area contributed by atoms with E-state index in [1.54, 1.807) is 0 Å². The average molecular weight is 167 g/mol. The molecule has 0 aliphatic heterocycles. The summed E-state index contributed by atoms with van der Waals surface area (Å²) in [5, 5.41) is 0. The van der Waals surface area contributed by atoms with Crippen LogP contribution in [0.3, 0.4) is 0 Å². The molecule has 0 fully saturated rings. The van der Waals surface area contributed by atoms with Gasteiger partial charge in [-0.1, -0.05) is 0 Å². The van der Waals surface area contributed by atoms with E-state index >= 15 is 0 Å². The van der Waals surface area contributed by atoms with Crippen molar-refractivity contribution in [2.45, 2.75) is 0 Å². The molecule has 0 N–H and O–H groups in total. The predicted molar refractivity (Wildman–Crippen MR) is 33.1 cm³/mol. The molecular weight excluding hydrogens is 159 g/mol. The van der Waals surface area contributed by atoms with E-state index in [9.17, 15) is 0 Å². The molecule has 0 radical (unpaired) electrons. The van der Waals surface area contributed by atoms with Crippen LogP contribution < -0.4 is 0 Å². The van der Waals surface area contributed by atoms with Crippen LogP contribution in [0, 0.1) is 0 Å². The predicted octanol–water partition coefficient (Wildman–Crippen LogP) is 1.36. The molecule has 6 heteroatoms. The second-order valence-corrected chi connectivity index (χ2v) is 0. The van der Waals surface area contributed by atoms with Gasteiger partial charge >= 0.3 is 0 Å². The fourth-order valence-electron chi connectivity index (χ4n) is 0. The highest BCUT2D eigenvalue weighted by Gasteiger charge is -0.145. The van der Waals surface area contributed by atoms with E-state index in [2.05, 4.69) is 0 Å². The van der Waals surface area contributed by atoms with E-state index in [1.165, 1.54) is 0 Å². The molecule has 0 aliphatic rings. The minimum absolute atomic E-state index is 0. The van der Waals surface area contributed by atoms with Crippen LogP contribution in [0.25, 0.3) is 0 Å². The molecule has 0 aliphatic carbocycles. The highest BCUT2D eigenvalue weighted by atomic mass is 35.5. The first-order chi connectivity index (χ1) is 0. The number of hydrogen-bond acceptors (Lipinski definition) is 0. The minimum atomic E-state index is 0. The quantitative estimate of drug-likeness (QED) is 0.477. The molecule has 0 saturated carbocycles. The van der Waals surface area contributed by atoms with E-state index in [0.717, 1.165) is 0 Å². The third-order valence-electron chi connectivity index (χ3n) is 0. The fraction of sp³-hybridized carbons (Fsp3) is 0. The number of halogens is 5. The van der Waals surface area contributed by atoms with Gasteiger partial charge < -0.3 is 0 Å². The summed E-state index contributed by atoms with van der Waals surface area (Å²) in [6, 6.07) is 0. The van der Waals surface area contributed by atoms with E-state index in [0.29, 0.717) is 0 Å². The number of hydrogen-bond donors (Lipinski definition) is 0. The van der Waals surface area contributed by atoms with Gasteiger partial charge in [0, 0.05) is 0 Å². The maximum absolute atomic E-state index is 0. The van der Waals surface area contributed by atoms with Crippen molar-refractivity contribution >= 4 is 34.7 Å². The fourth-order valence-corrected chi connectivity index (χ4v) is 0. The van der Waals surface area contributed by atoms with Crippen LogP contribution in [-0.4, -0.2) is 0 Å². The van der Waals surface area contributed by atoms with Crippen molar-refractivity contribution in [1.29, 1.82) is 0 Å². The Hall–Kier alpha value is 0.800. The molecule has 0 aromatic rings. The van der Waals surface area contributed by atoms with Crippen molar-refractivity contribution in [1.82, 2.24) is 0 Å². The molecule has 0 rings (SSSR count). The van der Waals surface area contributed by atoms with Crippen molar-refractivity contribution in [2.75, 3.05) is 0 Å². The third kappa shape index (κ3) is 108. The van der Waals surface area contributed by atoms with Gasteiger partial charge in [-0.05, 0) is 0 Å². The van der Waals surface area contributed by atoms with Crippen LogP contribution in [0.2, 0.25) is 0 Å². The molecule has 0 bridgehead atoms. The normalized spacial score (nSPS) is 0. The highest BCUT2D eigenvalue weighted by Crippen LogP contribution is 0.861. The Morgan fingerprint density at radius 1 is 0.500 bits per heavy atom. The van der Waals surface area contributed by atoms with E-state index in [4.69, 9.17) is 0 Å². The molecule has 1 atom stereocenters. The van der Waals surface area contributed by atoms with Gasteiger partial charge in [-0.15, -0.1) is 24.8 Å². The number of rotatable bonds is 0. The van der Waals surface area contributed by atoms with Gasteiger partial charge in [0.1, 0.15) is 0 Å². The molecule has 48 valence electrons. The molecule has 0 aromatic carbocycles. The summed E-state index contributed by atoms with van der Waals surface area (Å²) in [5.41, 5.74) is 0. The van der Waals surface area contributed by atoms with Crippen LogP contribution in [0.15, 0.2) is 0 Å². The lowest BCUT2D eigenvalue weighted by Crippen LogP contribution is 0.419. The van der Waals surface area contributed by atoms with Crippen molar-refractivity contribution in [2.24, 2.45) is 0 Å². The summed E-state index contributed by atoms with van der Waals surface area (Å²) in [7, 11) is 0. The first kappa shape index (κ1) is 357. The summed E-state index contributed by atoms with van der Waals surface area (Å²) < 4.78 is 0. The summed E-state index contributed by atoms with van der Waals surface area (Å²) in [6.07, 6.45) is 0. The smallest absolute Gasteiger partial charge is 0.147 e. The second kappa shape index (κ2) is 209. The molecule has 0 nitrogen and oxygen atoms in total. The lowest BCUT2D eigenvalue weighted by molar-refractivity contribution is 1.11. The van der Waals surface area contributed by atoms with Crippen LogP contribution in [0.5, 0.6) is 0 Å². The average Bonchev–Trinajstić information content (AvgIpc) is 0. The van der Waals surface area contributed by atoms with E-state index < -0.39 is 0 Å². The molecule has 0 spiro atoms. The Kier molecular flexibility index (Phi) is 12400. The zero-order valence-electron chi connectivity index (χ0n) is 2.75. The molecule has 6 heavy (non-hydrogen) atoms. The Morgan fingerprint density at radius 3 is 0.500 bits per heavy atom. The van der Waals surface area contributed by atoms with Crippen LogP contribution >= 0.6 is 34.7 Å². The van der Waals surface area contributed by atoms with Gasteiger partial charge in [0.05, 0.1) is 0 Å². The Morgan fingerprint density at radius 2 is 0.500 bits per heavy atom. The van der Waals surface area contributed by atoms with Gasteiger partial charge in [0.25, 0.3) is 0 Å². The highest BCUT2D eigenvalue weighted by molar-refractivity contribution is 6.92. The van der Waals surface area contributed by atoms with Gasteiger partial charge in [0.2, 0.25) is 0 Å². The zero-order chi connectivity index (χ0) is 0. The maximum atomic E-state index is 0. The first-order valence-corrected chi connectivity index (χ1v) is 0. The molecule has 0 saturated heterocycles. The van der Waals surface area contributed by atoms with E-state index in [-0.39, 0.29) is 48.8 Å². The summed E-state index contributed by atoms with van der Waals surface area (Å²) >= 11 is 0. The summed E-state index contributed by atoms with van der Waals surface area (Å²) in [6.45, 7) is 0. The first-order valence-electron chi connectivity index (χ1n) is 0. The molecular formula is H8Cl2F3P. The Labute approximate surface area is 49.6 Å². The van der Waals surface area contributed by atoms with Crippen LogP contribution in [0.4, 0.5) is 14.1 Å². The molecule has 0 aromatic heterocycles. The van der Waals surface area contributed by atoms with Crippen LogP contribution in [0.1, 0.15) is 0 Å². The van der Waals surface area contributed by atoms with Crippen molar-refractivity contribution < 1.29 is 14.1 Å². The van der Waals surface area contributed by atoms with Crippen molar-refractivity contribution in [3.05, 3.63) is 0 Å². The Bertz CT molecular complexity index is 8.75. The Balaban J connectivity index is 0. The van der Waals surface area contributed by atoms with Gasteiger partial charge in [-0.2, -0.15) is 9.90 Å². The zero-order valence-corrected chi connectivity index (χ0v) is 5.80. The SMILES string of the molecule is Cl.Cl.F.F.F.P. The summed E-state index contributed by atoms with van der Waals surface area (Å²) in [4.78, 5) is 0. The second-order valence-electron chi connectivity index (χ2n) is 0. The standard InChI is InChI=1S/2ClH.3FH.H3P/h5*1H;1H3.